The van der Waals surface area contributed by atoms with E-state index in [0.717, 1.165) is 45.5 Å². The lowest BCUT2D eigenvalue weighted by Gasteiger charge is -2.44. The lowest BCUT2D eigenvalue weighted by Crippen LogP contribution is -2.46. The Morgan fingerprint density at radius 2 is 2.09 bits per heavy atom. The molecule has 4 heterocycles. The highest BCUT2D eigenvalue weighted by Crippen LogP contribution is 2.46. The smallest absolute Gasteiger partial charge is 0.0969 e. The van der Waals surface area contributed by atoms with E-state index in [4.69, 9.17) is 4.74 Å². The second-order valence-corrected chi connectivity index (χ2v) is 8.28. The predicted molar refractivity (Wildman–Crippen MR) is 92.8 cm³/mol. The van der Waals surface area contributed by atoms with Crippen LogP contribution in [-0.4, -0.2) is 34.4 Å². The van der Waals surface area contributed by atoms with E-state index in [1.165, 1.54) is 21.6 Å². The largest absolute Gasteiger partial charge is 0.370 e. The molecule has 0 amide bonds. The second kappa shape index (κ2) is 5.72. The van der Waals surface area contributed by atoms with Gasteiger partial charge in [-0.25, -0.2) is 0 Å². The Morgan fingerprint density at radius 1 is 1.30 bits per heavy atom. The molecular weight excluding hydrogens is 306 g/mol. The Morgan fingerprint density at radius 3 is 2.78 bits per heavy atom. The predicted octanol–water partition coefficient (Wildman–Crippen LogP) is 3.16. The molecule has 5 heteroatoms. The van der Waals surface area contributed by atoms with Crippen LogP contribution in [0.5, 0.6) is 0 Å². The zero-order valence-electron chi connectivity index (χ0n) is 14.3. The van der Waals surface area contributed by atoms with E-state index in [-0.39, 0.29) is 5.60 Å². The Hall–Kier alpha value is -1.17. The van der Waals surface area contributed by atoms with Crippen molar-refractivity contribution in [3.05, 3.63) is 38.8 Å². The molecule has 2 aromatic rings. The normalized spacial score (nSPS) is 20.8. The molecule has 4 nitrogen and oxygen atoms in total. The minimum Gasteiger partial charge on any atom is -0.370 e. The number of hydrogen-bond acceptors (Lipinski definition) is 4. The fourth-order valence-electron chi connectivity index (χ4n) is 4.16. The fraction of sp³-hybridized carbons (Fsp3) is 0.611. The number of aryl methyl sites for hydroxylation is 2. The van der Waals surface area contributed by atoms with E-state index >= 15 is 0 Å². The zero-order valence-corrected chi connectivity index (χ0v) is 15.1. The molecule has 0 N–H and O–H groups in total. The van der Waals surface area contributed by atoms with Gasteiger partial charge < -0.3 is 4.74 Å². The molecule has 0 radical (unpaired) electrons. The van der Waals surface area contributed by atoms with Crippen molar-refractivity contribution < 1.29 is 4.74 Å². The van der Waals surface area contributed by atoms with Gasteiger partial charge in [-0.05, 0) is 32.3 Å². The lowest BCUT2D eigenvalue weighted by atomic mass is 9.80. The van der Waals surface area contributed by atoms with Crippen LogP contribution in [0.25, 0.3) is 0 Å². The van der Waals surface area contributed by atoms with Gasteiger partial charge in [0, 0.05) is 60.2 Å². The van der Waals surface area contributed by atoms with E-state index < -0.39 is 0 Å². The maximum absolute atomic E-state index is 6.39. The van der Waals surface area contributed by atoms with Gasteiger partial charge in [0.2, 0.25) is 0 Å². The number of rotatable bonds is 2. The summed E-state index contributed by atoms with van der Waals surface area (Å²) in [6, 6.07) is 0. The highest BCUT2D eigenvalue weighted by molar-refractivity contribution is 7.12. The average Bonchev–Trinajstić information content (AvgIpc) is 3.07. The van der Waals surface area contributed by atoms with Gasteiger partial charge in [0.15, 0.2) is 0 Å². The minimum absolute atomic E-state index is 0.0200. The number of nitrogens with zero attached hydrogens (tertiary/aromatic N) is 3. The summed E-state index contributed by atoms with van der Waals surface area (Å²) in [7, 11) is 1.98. The van der Waals surface area contributed by atoms with Crippen molar-refractivity contribution in [1.82, 2.24) is 14.7 Å². The Balaban J connectivity index is 1.51. The summed E-state index contributed by atoms with van der Waals surface area (Å²) in [5.41, 5.74) is 4.29. The van der Waals surface area contributed by atoms with Gasteiger partial charge in [-0.2, -0.15) is 5.10 Å². The van der Waals surface area contributed by atoms with Crippen LogP contribution in [0.1, 0.15) is 39.3 Å². The molecule has 0 atom stereocenters. The maximum atomic E-state index is 6.39. The van der Waals surface area contributed by atoms with Crippen LogP contribution >= 0.6 is 11.3 Å². The van der Waals surface area contributed by atoms with Gasteiger partial charge in [0.1, 0.15) is 0 Å². The monoisotopic (exact) mass is 331 g/mol. The molecule has 23 heavy (non-hydrogen) atoms. The molecule has 124 valence electrons. The molecule has 2 aliphatic heterocycles. The minimum atomic E-state index is -0.0200. The first-order chi connectivity index (χ1) is 11.1. The number of likely N-dealkylation sites (tertiary alicyclic amines) is 1. The molecule has 1 saturated heterocycles. The highest BCUT2D eigenvalue weighted by Gasteiger charge is 2.43. The summed E-state index contributed by atoms with van der Waals surface area (Å²) in [4.78, 5) is 5.58. The van der Waals surface area contributed by atoms with Crippen molar-refractivity contribution in [3.63, 3.8) is 0 Å². The Labute approximate surface area is 142 Å². The lowest BCUT2D eigenvalue weighted by molar-refractivity contribution is -0.0984. The summed E-state index contributed by atoms with van der Waals surface area (Å²) < 4.78 is 8.28. The van der Waals surface area contributed by atoms with Crippen LogP contribution in [-0.2, 0) is 30.4 Å². The summed E-state index contributed by atoms with van der Waals surface area (Å²) in [5.74, 6) is 0. The Kier molecular flexibility index (Phi) is 3.82. The van der Waals surface area contributed by atoms with Crippen molar-refractivity contribution in [2.45, 2.75) is 45.3 Å². The van der Waals surface area contributed by atoms with E-state index in [0.29, 0.717) is 0 Å². The van der Waals surface area contributed by atoms with Crippen LogP contribution in [0.3, 0.4) is 0 Å². The molecule has 1 spiro atoms. The van der Waals surface area contributed by atoms with Crippen molar-refractivity contribution in [3.8, 4) is 0 Å². The second-order valence-electron chi connectivity index (χ2n) is 6.97. The molecule has 1 fully saturated rings. The van der Waals surface area contributed by atoms with Crippen molar-refractivity contribution in [2.24, 2.45) is 7.05 Å². The molecule has 0 aliphatic carbocycles. The molecular formula is C18H25N3OS. The number of thiophene rings is 1. The molecule has 0 aromatic carbocycles. The molecule has 0 saturated carbocycles. The molecule has 2 aliphatic rings. The van der Waals surface area contributed by atoms with Crippen molar-refractivity contribution in [2.75, 3.05) is 19.7 Å². The van der Waals surface area contributed by atoms with Gasteiger partial charge in [-0.3, -0.25) is 9.58 Å². The SMILES string of the molecule is Cc1sc2c(c1C)C1(CCN(Cc3cnn(C)c3)CC1)OCC2. The number of fused-ring (bicyclic) bond motifs is 2. The van der Waals surface area contributed by atoms with Gasteiger partial charge in [0.05, 0.1) is 18.4 Å². The molecule has 4 rings (SSSR count). The van der Waals surface area contributed by atoms with Gasteiger partial charge in [-0.1, -0.05) is 0 Å². The first kappa shape index (κ1) is 15.4. The van der Waals surface area contributed by atoms with Gasteiger partial charge in [-0.15, -0.1) is 11.3 Å². The number of ether oxygens (including phenoxy) is 1. The first-order valence-corrected chi connectivity index (χ1v) is 9.32. The fourth-order valence-corrected chi connectivity index (χ4v) is 5.41. The summed E-state index contributed by atoms with van der Waals surface area (Å²) in [5, 5.41) is 4.28. The van der Waals surface area contributed by atoms with E-state index in [9.17, 15) is 0 Å². The van der Waals surface area contributed by atoms with Crippen LogP contribution in [0.2, 0.25) is 0 Å². The third kappa shape index (κ3) is 2.65. The third-order valence-corrected chi connectivity index (χ3v) is 6.72. The first-order valence-electron chi connectivity index (χ1n) is 8.50. The van der Waals surface area contributed by atoms with Crippen LogP contribution < -0.4 is 0 Å². The zero-order chi connectivity index (χ0) is 16.0. The van der Waals surface area contributed by atoms with Gasteiger partial charge in [0.25, 0.3) is 0 Å². The molecule has 2 aromatic heterocycles. The van der Waals surface area contributed by atoms with E-state index in [2.05, 4.69) is 30.0 Å². The van der Waals surface area contributed by atoms with Crippen molar-refractivity contribution >= 4 is 11.3 Å². The summed E-state index contributed by atoms with van der Waals surface area (Å²) in [6.45, 7) is 8.62. The van der Waals surface area contributed by atoms with Crippen molar-refractivity contribution in [1.29, 1.82) is 0 Å². The maximum Gasteiger partial charge on any atom is 0.0969 e. The van der Waals surface area contributed by atoms with Gasteiger partial charge >= 0.3 is 0 Å². The summed E-state index contributed by atoms with van der Waals surface area (Å²) >= 11 is 1.99. The standard InChI is InChI=1S/C18H25N3OS/c1-13-14(2)23-16-4-9-22-18(17(13)16)5-7-21(8-6-18)12-15-10-19-20(3)11-15/h10-11H,4-9,12H2,1-3H3. The summed E-state index contributed by atoms with van der Waals surface area (Å²) in [6.07, 6.45) is 7.41. The highest BCUT2D eigenvalue weighted by atomic mass is 32.1. The number of piperidine rings is 1. The quantitative estimate of drug-likeness (QED) is 0.847. The average molecular weight is 331 g/mol. The van der Waals surface area contributed by atoms with E-state index in [1.54, 1.807) is 4.88 Å². The number of aromatic nitrogens is 2. The van der Waals surface area contributed by atoms with Crippen LogP contribution in [0.15, 0.2) is 12.4 Å². The van der Waals surface area contributed by atoms with Crippen LogP contribution in [0.4, 0.5) is 0 Å². The van der Waals surface area contributed by atoms with E-state index in [1.807, 2.05) is 29.3 Å². The Bertz CT molecular complexity index is 710. The topological polar surface area (TPSA) is 30.3 Å². The molecule has 0 bridgehead atoms. The molecule has 0 unspecified atom stereocenters. The third-order valence-electron chi connectivity index (χ3n) is 5.45. The van der Waals surface area contributed by atoms with Crippen LogP contribution in [0, 0.1) is 13.8 Å². The number of hydrogen-bond donors (Lipinski definition) is 0.